The molecular weight excluding hydrogens is 270 g/mol. The van der Waals surface area contributed by atoms with Crippen molar-refractivity contribution in [1.82, 2.24) is 15.3 Å². The van der Waals surface area contributed by atoms with Crippen molar-refractivity contribution in [1.29, 1.82) is 0 Å². The van der Waals surface area contributed by atoms with Crippen LogP contribution in [0, 0.1) is 11.6 Å². The van der Waals surface area contributed by atoms with Gasteiger partial charge in [-0.05, 0) is 22.4 Å². The molecule has 2 aromatic heterocycles. The first-order chi connectivity index (χ1) is 9.69. The second kappa shape index (κ2) is 4.72. The van der Waals surface area contributed by atoms with Crippen molar-refractivity contribution in [3.63, 3.8) is 0 Å². The van der Waals surface area contributed by atoms with E-state index in [-0.39, 0.29) is 17.2 Å². The Labute approximate surface area is 111 Å². The van der Waals surface area contributed by atoms with E-state index in [1.165, 1.54) is 25.3 Å². The maximum absolute atomic E-state index is 13.6. The highest BCUT2D eigenvalue weighted by Gasteiger charge is 2.14. The molecular formula is C12H8F2N4O2. The zero-order valence-corrected chi connectivity index (χ0v) is 10.2. The van der Waals surface area contributed by atoms with Gasteiger partial charge in [0, 0.05) is 6.07 Å². The molecule has 1 N–H and O–H groups in total. The van der Waals surface area contributed by atoms with Gasteiger partial charge >= 0.3 is 0 Å². The molecule has 0 unspecified atom stereocenters. The molecule has 3 rings (SSSR count). The molecule has 6 nitrogen and oxygen atoms in total. The molecule has 0 aliphatic rings. The van der Waals surface area contributed by atoms with Crippen molar-refractivity contribution in [3.8, 4) is 5.88 Å². The first-order valence-electron chi connectivity index (χ1n) is 5.57. The molecule has 0 spiro atoms. The molecule has 8 heteroatoms. The second-order valence-corrected chi connectivity index (χ2v) is 3.88. The summed E-state index contributed by atoms with van der Waals surface area (Å²) >= 11 is 0. The van der Waals surface area contributed by atoms with Crippen molar-refractivity contribution < 1.29 is 18.1 Å². The zero-order chi connectivity index (χ0) is 14.1. The highest BCUT2D eigenvalue weighted by Crippen LogP contribution is 2.29. The average molecular weight is 278 g/mol. The largest absolute Gasteiger partial charge is 0.479 e. The molecule has 0 amide bonds. The fourth-order valence-electron chi connectivity index (χ4n) is 1.70. The van der Waals surface area contributed by atoms with Crippen LogP contribution in [0.1, 0.15) is 0 Å². The summed E-state index contributed by atoms with van der Waals surface area (Å²) in [5, 5.41) is 9.89. The number of halogens is 2. The number of fused-ring (bicyclic) bond motifs is 1. The van der Waals surface area contributed by atoms with Gasteiger partial charge in [-0.25, -0.2) is 13.4 Å². The van der Waals surface area contributed by atoms with Gasteiger partial charge in [-0.3, -0.25) is 0 Å². The number of benzene rings is 1. The van der Waals surface area contributed by atoms with E-state index in [4.69, 9.17) is 4.74 Å². The lowest BCUT2D eigenvalue weighted by molar-refractivity contribution is 0.314. The second-order valence-electron chi connectivity index (χ2n) is 3.88. The zero-order valence-electron chi connectivity index (χ0n) is 10.2. The Morgan fingerprint density at radius 1 is 1.20 bits per heavy atom. The highest BCUT2D eigenvalue weighted by molar-refractivity contribution is 5.78. The van der Waals surface area contributed by atoms with Crippen molar-refractivity contribution in [2.75, 3.05) is 12.4 Å². The van der Waals surface area contributed by atoms with E-state index in [1.54, 1.807) is 0 Å². The summed E-state index contributed by atoms with van der Waals surface area (Å²) in [6, 6.07) is 5.32. The van der Waals surface area contributed by atoms with Gasteiger partial charge in [0.05, 0.1) is 12.8 Å². The molecule has 20 heavy (non-hydrogen) atoms. The lowest BCUT2D eigenvalue weighted by atomic mass is 10.2. The number of hydrogen-bond donors (Lipinski definition) is 1. The Kier molecular flexibility index (Phi) is 2.90. The number of nitrogens with one attached hydrogen (secondary N) is 1. The van der Waals surface area contributed by atoms with E-state index in [2.05, 4.69) is 25.2 Å². The Morgan fingerprint density at radius 2 is 2.05 bits per heavy atom. The van der Waals surface area contributed by atoms with Gasteiger partial charge < -0.3 is 10.1 Å². The molecule has 0 fully saturated rings. The molecule has 3 aromatic rings. The van der Waals surface area contributed by atoms with Crippen LogP contribution in [-0.2, 0) is 0 Å². The monoisotopic (exact) mass is 278 g/mol. The van der Waals surface area contributed by atoms with Gasteiger partial charge in [-0.1, -0.05) is 6.07 Å². The van der Waals surface area contributed by atoms with Crippen LogP contribution in [0.2, 0.25) is 0 Å². The quantitative estimate of drug-likeness (QED) is 0.794. The lowest BCUT2D eigenvalue weighted by Gasteiger charge is -2.10. The summed E-state index contributed by atoms with van der Waals surface area (Å²) in [6.45, 7) is 0. The van der Waals surface area contributed by atoms with Gasteiger partial charge in [-0.15, -0.1) is 0 Å². The lowest BCUT2D eigenvalue weighted by Crippen LogP contribution is -2.00. The molecule has 0 saturated heterocycles. The summed E-state index contributed by atoms with van der Waals surface area (Å²) in [7, 11) is 1.40. The first kappa shape index (κ1) is 12.3. The third-order valence-corrected chi connectivity index (χ3v) is 2.63. The number of aromatic nitrogens is 3. The fourth-order valence-corrected chi connectivity index (χ4v) is 1.70. The Bertz CT molecular complexity index is 775. The minimum Gasteiger partial charge on any atom is -0.479 e. The standard InChI is InChI=1S/C12H8F2N4O2/c1-19-12-9(5-8-11(16-12)18-20-17-8)15-7-4-2-3-6(13)10(7)14/h2-5,15H,1H3. The maximum atomic E-state index is 13.6. The smallest absolute Gasteiger partial charge is 0.239 e. The van der Waals surface area contributed by atoms with Gasteiger partial charge in [0.25, 0.3) is 0 Å². The molecule has 0 aliphatic heterocycles. The number of pyridine rings is 1. The van der Waals surface area contributed by atoms with E-state index < -0.39 is 11.6 Å². The number of nitrogens with zero attached hydrogens (tertiary/aromatic N) is 3. The molecule has 102 valence electrons. The SMILES string of the molecule is COc1nc2nonc2cc1Nc1cccc(F)c1F. The molecule has 1 aromatic carbocycles. The van der Waals surface area contributed by atoms with Crippen molar-refractivity contribution in [2.24, 2.45) is 0 Å². The minimum absolute atomic E-state index is 0.0408. The maximum Gasteiger partial charge on any atom is 0.239 e. The molecule has 0 bridgehead atoms. The van der Waals surface area contributed by atoms with Crippen LogP contribution >= 0.6 is 0 Å². The number of hydrogen-bond acceptors (Lipinski definition) is 6. The van der Waals surface area contributed by atoms with Crippen LogP contribution in [0.5, 0.6) is 5.88 Å². The number of methoxy groups -OCH3 is 1. The van der Waals surface area contributed by atoms with Gasteiger partial charge in [0.2, 0.25) is 11.5 Å². The third-order valence-electron chi connectivity index (χ3n) is 2.63. The van der Waals surface area contributed by atoms with Gasteiger partial charge in [0.1, 0.15) is 5.69 Å². The van der Waals surface area contributed by atoms with E-state index in [9.17, 15) is 8.78 Å². The van der Waals surface area contributed by atoms with Crippen molar-refractivity contribution in [2.45, 2.75) is 0 Å². The molecule has 2 heterocycles. The summed E-state index contributed by atoms with van der Waals surface area (Å²) < 4.78 is 36.4. The van der Waals surface area contributed by atoms with E-state index in [1.807, 2.05) is 0 Å². The number of rotatable bonds is 3. The van der Waals surface area contributed by atoms with Crippen LogP contribution in [0.15, 0.2) is 28.9 Å². The normalized spacial score (nSPS) is 10.8. The summed E-state index contributed by atoms with van der Waals surface area (Å²) in [6.07, 6.45) is 0. The fraction of sp³-hybridized carbons (Fsp3) is 0.0833. The molecule has 0 saturated carbocycles. The van der Waals surface area contributed by atoms with Crippen LogP contribution in [0.4, 0.5) is 20.2 Å². The van der Waals surface area contributed by atoms with Crippen LogP contribution in [0.25, 0.3) is 11.2 Å². The van der Waals surface area contributed by atoms with Gasteiger partial charge in [-0.2, -0.15) is 4.98 Å². The Hall–Kier alpha value is -2.77. The molecule has 0 aliphatic carbocycles. The molecule has 0 radical (unpaired) electrons. The van der Waals surface area contributed by atoms with E-state index >= 15 is 0 Å². The summed E-state index contributed by atoms with van der Waals surface area (Å²) in [5.41, 5.74) is 0.901. The minimum atomic E-state index is -0.993. The summed E-state index contributed by atoms with van der Waals surface area (Å²) in [4.78, 5) is 4.03. The Morgan fingerprint density at radius 3 is 2.85 bits per heavy atom. The first-order valence-corrected chi connectivity index (χ1v) is 5.57. The molecule has 0 atom stereocenters. The predicted octanol–water partition coefficient (Wildman–Crippen LogP) is 2.65. The third kappa shape index (κ3) is 2.00. The van der Waals surface area contributed by atoms with Crippen molar-refractivity contribution >= 4 is 22.5 Å². The number of ether oxygens (including phenoxy) is 1. The van der Waals surface area contributed by atoms with E-state index in [0.717, 1.165) is 6.07 Å². The Balaban J connectivity index is 2.07. The number of anilines is 2. The summed E-state index contributed by atoms with van der Waals surface area (Å²) in [5.74, 6) is -1.78. The topological polar surface area (TPSA) is 73.1 Å². The van der Waals surface area contributed by atoms with Gasteiger partial charge in [0.15, 0.2) is 17.2 Å². The van der Waals surface area contributed by atoms with Crippen LogP contribution in [-0.4, -0.2) is 22.4 Å². The highest BCUT2D eigenvalue weighted by atomic mass is 19.2. The average Bonchev–Trinajstić information content (AvgIpc) is 2.90. The van der Waals surface area contributed by atoms with Crippen LogP contribution in [0.3, 0.4) is 0 Å². The predicted molar refractivity (Wildman–Crippen MR) is 65.8 cm³/mol. The van der Waals surface area contributed by atoms with E-state index in [0.29, 0.717) is 11.2 Å². The van der Waals surface area contributed by atoms with Crippen LogP contribution < -0.4 is 10.1 Å². The van der Waals surface area contributed by atoms with Crippen molar-refractivity contribution in [3.05, 3.63) is 35.9 Å².